The normalized spacial score (nSPS) is 12.7. The average molecular weight is 256 g/mol. The summed E-state index contributed by atoms with van der Waals surface area (Å²) in [6.07, 6.45) is 0.914. The van der Waals surface area contributed by atoms with E-state index in [1.54, 1.807) is 13.8 Å². The Morgan fingerprint density at radius 3 is 2.27 bits per heavy atom. The SMILES string of the molecule is CCN(CCCCl)CCS(=O)(=O)C(C)C. The molecule has 0 aliphatic carbocycles. The second kappa shape index (κ2) is 7.47. The number of hydrogen-bond donors (Lipinski definition) is 0. The summed E-state index contributed by atoms with van der Waals surface area (Å²) in [7, 11) is -2.90. The van der Waals surface area contributed by atoms with Crippen molar-refractivity contribution in [3.05, 3.63) is 0 Å². The third-order valence-electron chi connectivity index (χ3n) is 2.47. The molecule has 0 N–H and O–H groups in total. The van der Waals surface area contributed by atoms with E-state index in [0.717, 1.165) is 19.5 Å². The number of halogens is 1. The molecular formula is C10H22ClNO2S. The highest BCUT2D eigenvalue weighted by atomic mass is 35.5. The van der Waals surface area contributed by atoms with Crippen LogP contribution in [0.15, 0.2) is 0 Å². The largest absolute Gasteiger partial charge is 0.303 e. The van der Waals surface area contributed by atoms with Crippen LogP contribution in [0.4, 0.5) is 0 Å². The summed E-state index contributed by atoms with van der Waals surface area (Å²) in [5.74, 6) is 0.883. The van der Waals surface area contributed by atoms with Crippen LogP contribution >= 0.6 is 11.6 Å². The van der Waals surface area contributed by atoms with Crippen molar-refractivity contribution in [3.8, 4) is 0 Å². The molecule has 15 heavy (non-hydrogen) atoms. The van der Waals surface area contributed by atoms with E-state index in [0.29, 0.717) is 12.4 Å². The maximum Gasteiger partial charge on any atom is 0.153 e. The lowest BCUT2D eigenvalue weighted by atomic mass is 10.4. The van der Waals surface area contributed by atoms with Crippen LogP contribution in [-0.4, -0.2) is 49.8 Å². The van der Waals surface area contributed by atoms with Gasteiger partial charge in [0.1, 0.15) is 0 Å². The molecule has 3 nitrogen and oxygen atoms in total. The Bertz CT molecular complexity index is 252. The molecule has 0 aliphatic rings. The maximum atomic E-state index is 11.6. The molecule has 0 aromatic heterocycles. The van der Waals surface area contributed by atoms with Gasteiger partial charge in [-0.2, -0.15) is 0 Å². The Morgan fingerprint density at radius 2 is 1.87 bits per heavy atom. The predicted molar refractivity (Wildman–Crippen MR) is 66.4 cm³/mol. The van der Waals surface area contributed by atoms with Crippen molar-refractivity contribution in [2.24, 2.45) is 0 Å². The summed E-state index contributed by atoms with van der Waals surface area (Å²) >= 11 is 5.60. The molecule has 5 heteroatoms. The van der Waals surface area contributed by atoms with E-state index in [4.69, 9.17) is 11.6 Å². The fourth-order valence-electron chi connectivity index (χ4n) is 1.20. The molecule has 0 spiro atoms. The van der Waals surface area contributed by atoms with Gasteiger partial charge in [-0.1, -0.05) is 6.92 Å². The Labute approximate surface area is 98.7 Å². The molecule has 0 bridgehead atoms. The van der Waals surface area contributed by atoms with Crippen molar-refractivity contribution in [1.82, 2.24) is 4.90 Å². The molecule has 0 rings (SSSR count). The molecule has 0 radical (unpaired) electrons. The van der Waals surface area contributed by atoms with Crippen molar-refractivity contribution in [2.75, 3.05) is 31.3 Å². The van der Waals surface area contributed by atoms with E-state index >= 15 is 0 Å². The van der Waals surface area contributed by atoms with Gasteiger partial charge in [-0.3, -0.25) is 0 Å². The molecule has 0 unspecified atom stereocenters. The quantitative estimate of drug-likeness (QED) is 0.621. The van der Waals surface area contributed by atoms with Gasteiger partial charge in [0, 0.05) is 12.4 Å². The Kier molecular flexibility index (Phi) is 7.57. The molecule has 0 saturated heterocycles. The molecule has 0 amide bonds. The first-order valence-corrected chi connectivity index (χ1v) is 7.69. The predicted octanol–water partition coefficient (Wildman–Crippen LogP) is 1.76. The van der Waals surface area contributed by atoms with Gasteiger partial charge in [-0.15, -0.1) is 11.6 Å². The lowest BCUT2D eigenvalue weighted by Crippen LogP contribution is -2.32. The van der Waals surface area contributed by atoms with Gasteiger partial charge in [0.25, 0.3) is 0 Å². The van der Waals surface area contributed by atoms with Crippen LogP contribution in [0, 0.1) is 0 Å². The van der Waals surface area contributed by atoms with Crippen molar-refractivity contribution < 1.29 is 8.42 Å². The summed E-state index contributed by atoms with van der Waals surface area (Å²) in [6.45, 7) is 7.87. The van der Waals surface area contributed by atoms with Crippen LogP contribution in [0.25, 0.3) is 0 Å². The van der Waals surface area contributed by atoms with Gasteiger partial charge in [-0.05, 0) is 33.4 Å². The third kappa shape index (κ3) is 6.38. The van der Waals surface area contributed by atoms with E-state index in [2.05, 4.69) is 4.90 Å². The van der Waals surface area contributed by atoms with E-state index in [1.165, 1.54) is 0 Å². The van der Waals surface area contributed by atoms with Crippen molar-refractivity contribution in [3.63, 3.8) is 0 Å². The fourth-order valence-corrected chi connectivity index (χ4v) is 2.31. The number of sulfone groups is 1. The Morgan fingerprint density at radius 1 is 1.27 bits per heavy atom. The Hall–Kier alpha value is 0.200. The minimum Gasteiger partial charge on any atom is -0.303 e. The topological polar surface area (TPSA) is 37.4 Å². The van der Waals surface area contributed by atoms with E-state index in [-0.39, 0.29) is 11.0 Å². The lowest BCUT2D eigenvalue weighted by Gasteiger charge is -2.20. The molecule has 0 aromatic rings. The van der Waals surface area contributed by atoms with Gasteiger partial charge in [0.2, 0.25) is 0 Å². The summed E-state index contributed by atoms with van der Waals surface area (Å²) in [4.78, 5) is 2.13. The summed E-state index contributed by atoms with van der Waals surface area (Å²) < 4.78 is 23.1. The highest BCUT2D eigenvalue weighted by Gasteiger charge is 2.16. The molecule has 0 saturated carbocycles. The van der Waals surface area contributed by atoms with Crippen molar-refractivity contribution in [1.29, 1.82) is 0 Å². The second-order valence-electron chi connectivity index (χ2n) is 3.89. The molecule has 0 heterocycles. The summed E-state index contributed by atoms with van der Waals surface area (Å²) in [5, 5.41) is -0.274. The Balaban J connectivity index is 4.00. The van der Waals surface area contributed by atoms with Crippen LogP contribution in [0.3, 0.4) is 0 Å². The standard InChI is InChI=1S/C10H22ClNO2S/c1-4-12(7-5-6-11)8-9-15(13,14)10(2)3/h10H,4-9H2,1-3H3. The van der Waals surface area contributed by atoms with Crippen LogP contribution < -0.4 is 0 Å². The third-order valence-corrected chi connectivity index (χ3v) is 4.92. The van der Waals surface area contributed by atoms with Gasteiger partial charge in [0.15, 0.2) is 9.84 Å². The van der Waals surface area contributed by atoms with Gasteiger partial charge in [-0.25, -0.2) is 8.42 Å². The van der Waals surface area contributed by atoms with E-state index < -0.39 is 9.84 Å². The van der Waals surface area contributed by atoms with Crippen LogP contribution in [0.1, 0.15) is 27.2 Å². The number of rotatable bonds is 8. The molecule has 0 aromatic carbocycles. The zero-order valence-electron chi connectivity index (χ0n) is 9.87. The van der Waals surface area contributed by atoms with Gasteiger partial charge < -0.3 is 4.90 Å². The van der Waals surface area contributed by atoms with Crippen molar-refractivity contribution >= 4 is 21.4 Å². The van der Waals surface area contributed by atoms with Crippen LogP contribution in [-0.2, 0) is 9.84 Å². The number of alkyl halides is 1. The van der Waals surface area contributed by atoms with E-state index in [9.17, 15) is 8.42 Å². The first-order valence-electron chi connectivity index (χ1n) is 5.44. The monoisotopic (exact) mass is 255 g/mol. The second-order valence-corrected chi connectivity index (χ2v) is 6.95. The van der Waals surface area contributed by atoms with Gasteiger partial charge >= 0.3 is 0 Å². The fraction of sp³-hybridized carbons (Fsp3) is 1.00. The highest BCUT2D eigenvalue weighted by molar-refractivity contribution is 7.92. The zero-order chi connectivity index (χ0) is 11.9. The molecule has 0 atom stereocenters. The molecule has 0 fully saturated rings. The zero-order valence-corrected chi connectivity index (χ0v) is 11.4. The number of hydrogen-bond acceptors (Lipinski definition) is 3. The van der Waals surface area contributed by atoms with Crippen LogP contribution in [0.5, 0.6) is 0 Å². The molecule has 0 aliphatic heterocycles. The first kappa shape index (κ1) is 15.2. The van der Waals surface area contributed by atoms with E-state index in [1.807, 2.05) is 6.92 Å². The minimum atomic E-state index is -2.90. The first-order chi connectivity index (χ1) is 6.94. The average Bonchev–Trinajstić information content (AvgIpc) is 2.18. The number of nitrogens with zero attached hydrogens (tertiary/aromatic N) is 1. The smallest absolute Gasteiger partial charge is 0.153 e. The van der Waals surface area contributed by atoms with Crippen LogP contribution in [0.2, 0.25) is 0 Å². The lowest BCUT2D eigenvalue weighted by molar-refractivity contribution is 0.306. The summed E-state index contributed by atoms with van der Waals surface area (Å²) in [5.41, 5.74) is 0. The molecule has 92 valence electrons. The summed E-state index contributed by atoms with van der Waals surface area (Å²) in [6, 6.07) is 0. The maximum absolute atomic E-state index is 11.6. The minimum absolute atomic E-state index is 0.251. The van der Waals surface area contributed by atoms with Gasteiger partial charge in [0.05, 0.1) is 11.0 Å². The van der Waals surface area contributed by atoms with Crippen molar-refractivity contribution in [2.45, 2.75) is 32.4 Å². The highest BCUT2D eigenvalue weighted by Crippen LogP contribution is 2.02. The molecular weight excluding hydrogens is 234 g/mol.